The zero-order valence-corrected chi connectivity index (χ0v) is 34.4. The smallest absolute Gasteiger partial charge is 0.335 e. The van der Waals surface area contributed by atoms with Gasteiger partial charge in [-0.05, 0) is 65.1 Å². The average molecular weight is 811 g/mol. The molecule has 306 valence electrons. The van der Waals surface area contributed by atoms with Gasteiger partial charge >= 0.3 is 17.6 Å². The highest BCUT2D eigenvalue weighted by Gasteiger charge is 2.21. The summed E-state index contributed by atoms with van der Waals surface area (Å²) in [5, 5.41) is 13.8. The van der Waals surface area contributed by atoms with Gasteiger partial charge in [0.25, 0.3) is 5.91 Å². The molecule has 1 saturated heterocycles. The Morgan fingerprint density at radius 2 is 1.55 bits per heavy atom. The highest BCUT2D eigenvalue weighted by Crippen LogP contribution is 2.39. The third-order valence-electron chi connectivity index (χ3n) is 9.49. The molecular formula is C43H50N6O8S. The summed E-state index contributed by atoms with van der Waals surface area (Å²) in [6, 6.07) is 24.2. The van der Waals surface area contributed by atoms with Crippen molar-refractivity contribution < 1.29 is 37.0 Å². The number of nitrogens with zero attached hydrogens (tertiary/aromatic N) is 2. The van der Waals surface area contributed by atoms with Crippen molar-refractivity contribution in [1.82, 2.24) is 15.2 Å². The Morgan fingerprint density at radius 3 is 2.24 bits per heavy atom. The number of hydrogen-bond donors (Lipinski definition) is 4. The second kappa shape index (κ2) is 20.4. The number of pyridine rings is 1. The van der Waals surface area contributed by atoms with Crippen LogP contribution >= 0.6 is 0 Å². The highest BCUT2D eigenvalue weighted by molar-refractivity contribution is 7.51. The molecule has 1 aliphatic rings. The fourth-order valence-electron chi connectivity index (χ4n) is 6.52. The number of morpholine rings is 1. The van der Waals surface area contributed by atoms with E-state index >= 15 is 0 Å². The molecule has 0 spiro atoms. The number of rotatable bonds is 13. The van der Waals surface area contributed by atoms with Gasteiger partial charge in [-0.25, -0.2) is 4.79 Å². The molecule has 1 aliphatic heterocycles. The van der Waals surface area contributed by atoms with Gasteiger partial charge in [0.1, 0.15) is 17.2 Å². The van der Waals surface area contributed by atoms with Crippen LogP contribution in [0.3, 0.4) is 0 Å². The summed E-state index contributed by atoms with van der Waals surface area (Å²) in [5.74, 6) is 2.21. The fraction of sp³-hybridized carbons (Fsp3) is 0.326. The van der Waals surface area contributed by atoms with Crippen molar-refractivity contribution in [2.24, 2.45) is 0 Å². The van der Waals surface area contributed by atoms with Crippen LogP contribution in [0.25, 0.3) is 10.8 Å². The van der Waals surface area contributed by atoms with Gasteiger partial charge in [-0.2, -0.15) is 8.42 Å². The molecule has 0 unspecified atom stereocenters. The Hall–Kier alpha value is -6.03. The summed E-state index contributed by atoms with van der Waals surface area (Å²) >= 11 is -0.750. The number of carbonyl (C=O) groups is 2. The second-order valence-corrected chi connectivity index (χ2v) is 14.6. The first kappa shape index (κ1) is 43.1. The Kier molecular flexibility index (Phi) is 15.2. The van der Waals surface area contributed by atoms with E-state index in [1.54, 1.807) is 32.5 Å². The molecule has 0 saturated carbocycles. The summed E-state index contributed by atoms with van der Waals surface area (Å²) in [6.07, 6.45) is 2.16. The van der Waals surface area contributed by atoms with E-state index in [1.165, 1.54) is 0 Å². The molecule has 0 atom stereocenters. The van der Waals surface area contributed by atoms with Gasteiger partial charge in [0, 0.05) is 73.9 Å². The minimum absolute atomic E-state index is 0.146. The summed E-state index contributed by atoms with van der Waals surface area (Å²) in [4.78, 5) is 33.4. The lowest BCUT2D eigenvalue weighted by Gasteiger charge is -2.26. The third kappa shape index (κ3) is 11.5. The van der Waals surface area contributed by atoms with E-state index in [2.05, 4.69) is 51.9 Å². The number of carbonyl (C=O) groups excluding carboxylic acids is 2. The van der Waals surface area contributed by atoms with Crippen molar-refractivity contribution >= 4 is 51.3 Å². The molecule has 58 heavy (non-hydrogen) atoms. The van der Waals surface area contributed by atoms with Crippen molar-refractivity contribution in [3.63, 3.8) is 0 Å². The van der Waals surface area contributed by atoms with Crippen LogP contribution in [0.2, 0.25) is 0 Å². The molecule has 3 amide bonds. The van der Waals surface area contributed by atoms with Crippen LogP contribution in [-0.2, 0) is 28.1 Å². The summed E-state index contributed by atoms with van der Waals surface area (Å²) in [7, 11) is 5.00. The predicted molar refractivity (Wildman–Crippen MR) is 226 cm³/mol. The Balaban J connectivity index is 0.00000207. The Bertz CT molecular complexity index is 2250. The molecule has 0 aliphatic carbocycles. The monoisotopic (exact) mass is 810 g/mol. The van der Waals surface area contributed by atoms with Gasteiger partial charge in [-0.1, -0.05) is 45.0 Å². The molecule has 0 bridgehead atoms. The number of urea groups is 1. The number of ether oxygens (including phenoxy) is 4. The largest absolute Gasteiger partial charge is 0.497 e. The van der Waals surface area contributed by atoms with Gasteiger partial charge in [-0.3, -0.25) is 14.7 Å². The third-order valence-corrected chi connectivity index (χ3v) is 9.49. The molecule has 6 rings (SSSR count). The first-order valence-electron chi connectivity index (χ1n) is 18.8. The molecule has 14 nitrogen and oxygen atoms in total. The first-order chi connectivity index (χ1) is 28.0. The maximum absolute atomic E-state index is 13.5. The van der Waals surface area contributed by atoms with Crippen LogP contribution in [0.1, 0.15) is 48.0 Å². The molecule has 5 aromatic rings. The number of aromatic nitrogens is 1. The molecule has 1 aromatic heterocycles. The van der Waals surface area contributed by atoms with Crippen LogP contribution in [0.5, 0.6) is 23.0 Å². The molecule has 4 aromatic carbocycles. The van der Waals surface area contributed by atoms with Crippen LogP contribution in [0, 0.1) is 0 Å². The fourth-order valence-corrected chi connectivity index (χ4v) is 6.52. The van der Waals surface area contributed by atoms with Gasteiger partial charge in [0.2, 0.25) is 0 Å². The molecule has 15 heteroatoms. The number of nitrogens with one attached hydrogen (secondary N) is 4. The number of anilines is 3. The van der Waals surface area contributed by atoms with E-state index in [-0.39, 0.29) is 11.3 Å². The molecule has 0 radical (unpaired) electrons. The maximum Gasteiger partial charge on any atom is 0.335 e. The van der Waals surface area contributed by atoms with Gasteiger partial charge in [0.15, 0.2) is 5.75 Å². The van der Waals surface area contributed by atoms with Crippen LogP contribution in [0.15, 0.2) is 85.1 Å². The van der Waals surface area contributed by atoms with Gasteiger partial charge in [-0.15, -0.1) is 0 Å². The Morgan fingerprint density at radius 1 is 0.845 bits per heavy atom. The minimum atomic E-state index is -0.750. The van der Waals surface area contributed by atoms with E-state index in [9.17, 15) is 9.59 Å². The molecule has 4 N–H and O–H groups in total. The van der Waals surface area contributed by atoms with Crippen LogP contribution in [0.4, 0.5) is 21.9 Å². The van der Waals surface area contributed by atoms with Crippen LogP contribution in [-0.4, -0.2) is 90.9 Å². The number of methoxy groups -OCH3 is 2. The standard InChI is InChI=1S/C43H50N6O6.O2S/c1-43(2,3)30-25-37(44-4)40(53-6)38(26-30)48-42(51)47-36-11-12-39(35-10-8-7-9-34(35)36)55-32-13-14-45-31(27-32)22-28-21-29(24-33(23-28)52-5)41(50)46-15-16-49-17-19-54-20-18-49;1-3-2/h7-14,21,23-27,44H,15-20,22H2,1-6H3,(H,46,50)(H2,47,48,51);. The molecular weight excluding hydrogens is 761 g/mol. The van der Waals surface area contributed by atoms with Crippen molar-refractivity contribution in [2.45, 2.75) is 32.6 Å². The van der Waals surface area contributed by atoms with Crippen molar-refractivity contribution in [3.05, 3.63) is 107 Å². The van der Waals surface area contributed by atoms with E-state index in [4.69, 9.17) is 27.4 Å². The SMILES string of the molecule is CNc1cc(C(C)(C)C)cc(NC(=O)Nc2ccc(Oc3ccnc(Cc4cc(OC)cc(C(=O)NCCN5CCOCC5)c4)c3)c3ccccc23)c1OC.O=S=O. The van der Waals surface area contributed by atoms with Crippen molar-refractivity contribution in [2.75, 3.05) is 76.6 Å². The number of fused-ring (bicyclic) bond motifs is 1. The summed E-state index contributed by atoms with van der Waals surface area (Å²) in [6.45, 7) is 10.9. The maximum atomic E-state index is 13.5. The van der Waals surface area contributed by atoms with Gasteiger partial charge in [0.05, 0.1) is 44.5 Å². The lowest BCUT2D eigenvalue weighted by atomic mass is 9.86. The van der Waals surface area contributed by atoms with Crippen LogP contribution < -0.4 is 35.5 Å². The van der Waals surface area contributed by atoms with E-state index < -0.39 is 17.6 Å². The minimum Gasteiger partial charge on any atom is -0.497 e. The zero-order valence-electron chi connectivity index (χ0n) is 33.6. The topological polar surface area (TPSA) is 169 Å². The molecule has 1 fully saturated rings. The number of hydrogen-bond acceptors (Lipinski definition) is 11. The van der Waals surface area contributed by atoms with Crippen molar-refractivity contribution in [3.8, 4) is 23.0 Å². The molecule has 2 heterocycles. The average Bonchev–Trinajstić information content (AvgIpc) is 3.21. The first-order valence-corrected chi connectivity index (χ1v) is 19.4. The Labute approximate surface area is 342 Å². The zero-order chi connectivity index (χ0) is 41.7. The van der Waals surface area contributed by atoms with E-state index in [0.717, 1.165) is 66.1 Å². The lowest BCUT2D eigenvalue weighted by molar-refractivity contribution is 0.0383. The second-order valence-electron chi connectivity index (χ2n) is 14.5. The summed E-state index contributed by atoms with van der Waals surface area (Å²) < 4.78 is 39.6. The van der Waals surface area contributed by atoms with E-state index in [0.29, 0.717) is 52.9 Å². The predicted octanol–water partition coefficient (Wildman–Crippen LogP) is 7.01. The number of amides is 3. The quantitative estimate of drug-likeness (QED) is 0.0965. The van der Waals surface area contributed by atoms with Crippen molar-refractivity contribution in [1.29, 1.82) is 0 Å². The van der Waals surface area contributed by atoms with E-state index in [1.807, 2.05) is 73.8 Å². The normalized spacial score (nSPS) is 12.7. The lowest BCUT2D eigenvalue weighted by Crippen LogP contribution is -2.41. The number of benzene rings is 4. The van der Waals surface area contributed by atoms with Gasteiger partial charge < -0.3 is 40.2 Å². The highest BCUT2D eigenvalue weighted by atomic mass is 32.1. The summed E-state index contributed by atoms with van der Waals surface area (Å²) in [5.41, 5.74) is 5.03.